The van der Waals surface area contributed by atoms with Crippen LogP contribution in [0.3, 0.4) is 0 Å². The van der Waals surface area contributed by atoms with Crippen molar-refractivity contribution in [3.05, 3.63) is 64.0 Å². The molecular weight excluding hydrogens is 341 g/mol. The van der Waals surface area contributed by atoms with Crippen LogP contribution in [0.2, 0.25) is 0 Å². The second kappa shape index (κ2) is 8.80. The fraction of sp³-hybridized carbons (Fsp3) is 0.278. The van der Waals surface area contributed by atoms with Gasteiger partial charge in [-0.2, -0.15) is 0 Å². The Labute approximate surface area is 150 Å². The molecule has 7 nitrogen and oxygen atoms in total. The molecule has 0 aromatic heterocycles. The van der Waals surface area contributed by atoms with Crippen molar-refractivity contribution in [2.45, 2.75) is 6.42 Å². The summed E-state index contributed by atoms with van der Waals surface area (Å²) in [5.41, 5.74) is 0.401. The highest BCUT2D eigenvalue weighted by Crippen LogP contribution is 2.24. The first-order valence-corrected chi connectivity index (χ1v) is 8.00. The number of rotatable bonds is 8. The van der Waals surface area contributed by atoms with Crippen LogP contribution in [-0.4, -0.2) is 38.1 Å². The molecular formula is C18H20FN3O4. The van der Waals surface area contributed by atoms with Crippen LogP contribution in [0.15, 0.2) is 42.5 Å². The minimum Gasteiger partial charge on any atom is -0.496 e. The maximum absolute atomic E-state index is 13.7. The lowest BCUT2D eigenvalue weighted by molar-refractivity contribution is -0.384. The van der Waals surface area contributed by atoms with Gasteiger partial charge >= 0.3 is 0 Å². The van der Waals surface area contributed by atoms with Crippen LogP contribution in [0, 0.1) is 15.9 Å². The third-order valence-electron chi connectivity index (χ3n) is 3.86. The molecule has 0 aliphatic rings. The maximum atomic E-state index is 13.7. The van der Waals surface area contributed by atoms with Crippen LogP contribution in [-0.2, 0) is 0 Å². The molecule has 26 heavy (non-hydrogen) atoms. The molecule has 0 radical (unpaired) electrons. The van der Waals surface area contributed by atoms with E-state index in [1.807, 2.05) is 0 Å². The van der Waals surface area contributed by atoms with Crippen LogP contribution in [0.4, 0.5) is 15.8 Å². The minimum absolute atomic E-state index is 0.101. The summed E-state index contributed by atoms with van der Waals surface area (Å²) in [5, 5.41) is 13.6. The van der Waals surface area contributed by atoms with Crippen LogP contribution in [0.25, 0.3) is 0 Å². The predicted molar refractivity (Wildman–Crippen MR) is 96.3 cm³/mol. The zero-order chi connectivity index (χ0) is 19.1. The van der Waals surface area contributed by atoms with Gasteiger partial charge in [0.2, 0.25) is 0 Å². The van der Waals surface area contributed by atoms with Gasteiger partial charge in [0.25, 0.3) is 11.6 Å². The zero-order valence-corrected chi connectivity index (χ0v) is 14.6. The highest BCUT2D eigenvalue weighted by Gasteiger charge is 2.17. The van der Waals surface area contributed by atoms with Gasteiger partial charge in [-0.05, 0) is 24.6 Å². The van der Waals surface area contributed by atoms with E-state index in [9.17, 15) is 19.3 Å². The van der Waals surface area contributed by atoms with Gasteiger partial charge in [0.1, 0.15) is 11.6 Å². The topological polar surface area (TPSA) is 84.7 Å². The number of methoxy groups -OCH3 is 1. The molecule has 2 aromatic rings. The van der Waals surface area contributed by atoms with E-state index < -0.39 is 10.8 Å². The molecule has 0 aliphatic heterocycles. The molecule has 0 bridgehead atoms. The third-order valence-corrected chi connectivity index (χ3v) is 3.86. The Morgan fingerprint density at radius 1 is 1.31 bits per heavy atom. The zero-order valence-electron chi connectivity index (χ0n) is 14.6. The van der Waals surface area contributed by atoms with Crippen LogP contribution >= 0.6 is 0 Å². The van der Waals surface area contributed by atoms with Gasteiger partial charge in [-0.25, -0.2) is 4.39 Å². The fourth-order valence-electron chi connectivity index (χ4n) is 2.48. The number of amides is 1. The summed E-state index contributed by atoms with van der Waals surface area (Å²) in [4.78, 5) is 24.3. The van der Waals surface area contributed by atoms with Crippen LogP contribution < -0.4 is 15.0 Å². The SMILES string of the molecule is COc1ccc([N+](=O)[O-])cc1C(=O)NCCCN(C)c1ccccc1F. The number of hydrogen-bond acceptors (Lipinski definition) is 5. The fourth-order valence-corrected chi connectivity index (χ4v) is 2.48. The van der Waals surface area contributed by atoms with Gasteiger partial charge in [-0.3, -0.25) is 14.9 Å². The Bertz CT molecular complexity index is 798. The first-order valence-electron chi connectivity index (χ1n) is 8.00. The molecule has 0 fully saturated rings. The van der Waals surface area contributed by atoms with Gasteiger partial charge < -0.3 is 15.0 Å². The molecule has 1 N–H and O–H groups in total. The largest absolute Gasteiger partial charge is 0.496 e. The van der Waals surface area contributed by atoms with Gasteiger partial charge in [-0.15, -0.1) is 0 Å². The second-order valence-electron chi connectivity index (χ2n) is 5.62. The number of carbonyl (C=O) groups excluding carboxylic acids is 1. The lowest BCUT2D eigenvalue weighted by Crippen LogP contribution is -2.28. The number of anilines is 1. The molecule has 0 aliphatic carbocycles. The quantitative estimate of drug-likeness (QED) is 0.444. The number of carbonyl (C=O) groups is 1. The first kappa shape index (κ1) is 19.2. The summed E-state index contributed by atoms with van der Waals surface area (Å²) in [5.74, 6) is -0.504. The van der Waals surface area contributed by atoms with E-state index in [0.29, 0.717) is 25.2 Å². The van der Waals surface area contributed by atoms with Crippen molar-refractivity contribution in [1.29, 1.82) is 0 Å². The number of nitrogens with zero attached hydrogens (tertiary/aromatic N) is 2. The minimum atomic E-state index is -0.570. The van der Waals surface area contributed by atoms with E-state index in [0.717, 1.165) is 0 Å². The Kier molecular flexibility index (Phi) is 6.48. The maximum Gasteiger partial charge on any atom is 0.270 e. The smallest absolute Gasteiger partial charge is 0.270 e. The van der Waals surface area contributed by atoms with Crippen molar-refractivity contribution < 1.29 is 18.8 Å². The molecule has 1 amide bonds. The molecule has 138 valence electrons. The average molecular weight is 361 g/mol. The summed E-state index contributed by atoms with van der Waals surface area (Å²) >= 11 is 0. The number of nitro groups is 1. The highest BCUT2D eigenvalue weighted by molar-refractivity contribution is 5.97. The van der Waals surface area contributed by atoms with E-state index in [1.165, 1.54) is 31.4 Å². The lowest BCUT2D eigenvalue weighted by Gasteiger charge is -2.19. The summed E-state index contributed by atoms with van der Waals surface area (Å²) in [6.45, 7) is 0.872. The van der Waals surface area contributed by atoms with E-state index in [2.05, 4.69) is 5.32 Å². The first-order chi connectivity index (χ1) is 12.4. The molecule has 8 heteroatoms. The predicted octanol–water partition coefficient (Wildman–Crippen LogP) is 3.00. The number of benzene rings is 2. The van der Waals surface area contributed by atoms with Gasteiger partial charge in [0.05, 0.1) is 23.3 Å². The number of nitro benzene ring substituents is 1. The average Bonchev–Trinajstić information content (AvgIpc) is 2.64. The lowest BCUT2D eigenvalue weighted by atomic mass is 10.1. The molecule has 0 heterocycles. The van der Waals surface area contributed by atoms with Crippen molar-refractivity contribution in [1.82, 2.24) is 5.32 Å². The Morgan fingerprint density at radius 3 is 2.69 bits per heavy atom. The number of hydrogen-bond donors (Lipinski definition) is 1. The van der Waals surface area contributed by atoms with Gasteiger partial charge in [0.15, 0.2) is 0 Å². The van der Waals surface area contributed by atoms with E-state index in [4.69, 9.17) is 4.74 Å². The summed E-state index contributed by atoms with van der Waals surface area (Å²) in [6, 6.07) is 10.3. The second-order valence-corrected chi connectivity index (χ2v) is 5.62. The molecule has 2 rings (SSSR count). The van der Waals surface area contributed by atoms with Crippen LogP contribution in [0.5, 0.6) is 5.75 Å². The Morgan fingerprint density at radius 2 is 2.04 bits per heavy atom. The van der Waals surface area contributed by atoms with Crippen LogP contribution in [0.1, 0.15) is 16.8 Å². The monoisotopic (exact) mass is 361 g/mol. The van der Waals surface area contributed by atoms with E-state index in [1.54, 1.807) is 30.1 Å². The van der Waals surface area contributed by atoms with Gasteiger partial charge in [0, 0.05) is 32.3 Å². The molecule has 0 saturated carbocycles. The van der Waals surface area contributed by atoms with Crippen molar-refractivity contribution in [3.63, 3.8) is 0 Å². The highest BCUT2D eigenvalue weighted by atomic mass is 19.1. The number of halogens is 1. The summed E-state index contributed by atoms with van der Waals surface area (Å²) in [7, 11) is 3.16. The van der Waals surface area contributed by atoms with Gasteiger partial charge in [-0.1, -0.05) is 12.1 Å². The molecule has 2 aromatic carbocycles. The molecule has 0 unspecified atom stereocenters. The molecule has 0 saturated heterocycles. The van der Waals surface area contributed by atoms with Crippen molar-refractivity contribution in [2.75, 3.05) is 32.1 Å². The number of para-hydroxylation sites is 1. The normalized spacial score (nSPS) is 10.3. The number of nitrogens with one attached hydrogen (secondary N) is 1. The number of non-ortho nitro benzene ring substituents is 1. The summed E-state index contributed by atoms with van der Waals surface area (Å²) in [6.07, 6.45) is 0.577. The third kappa shape index (κ3) is 4.69. The summed E-state index contributed by atoms with van der Waals surface area (Å²) < 4.78 is 18.8. The Hall–Kier alpha value is -3.16. The molecule has 0 atom stereocenters. The van der Waals surface area contributed by atoms with E-state index >= 15 is 0 Å². The van der Waals surface area contributed by atoms with E-state index in [-0.39, 0.29) is 22.8 Å². The van der Waals surface area contributed by atoms with Crippen molar-refractivity contribution in [3.8, 4) is 5.75 Å². The number of ether oxygens (including phenoxy) is 1. The van der Waals surface area contributed by atoms with Crippen molar-refractivity contribution >= 4 is 17.3 Å². The Balaban J connectivity index is 1.92. The molecule has 0 spiro atoms. The standard InChI is InChI=1S/C18H20FN3O4/c1-21(16-7-4-3-6-15(16)19)11-5-10-20-18(23)14-12-13(22(24)25)8-9-17(14)26-2/h3-4,6-9,12H,5,10-11H2,1-2H3,(H,20,23). The van der Waals surface area contributed by atoms with Crippen molar-refractivity contribution in [2.24, 2.45) is 0 Å².